The lowest BCUT2D eigenvalue weighted by Gasteiger charge is -2.39. The largest absolute Gasteiger partial charge is 0.310 e. The lowest BCUT2D eigenvalue weighted by Crippen LogP contribution is -2.53. The van der Waals surface area contributed by atoms with Gasteiger partial charge in [-0.3, -0.25) is 4.90 Å². The standard InChI is InChI=1S/C16H32N2/c1-5-16(6-2)12-18(11-7-10-17-16)15-9-8-13(3)14(15)4/h13-15,17H,5-12H2,1-4H3. The molecule has 18 heavy (non-hydrogen) atoms. The van der Waals surface area contributed by atoms with Crippen molar-refractivity contribution < 1.29 is 0 Å². The molecule has 2 heteroatoms. The molecule has 2 aliphatic rings. The van der Waals surface area contributed by atoms with Gasteiger partial charge in [-0.15, -0.1) is 0 Å². The molecule has 2 nitrogen and oxygen atoms in total. The van der Waals surface area contributed by atoms with E-state index in [0.29, 0.717) is 5.54 Å². The van der Waals surface area contributed by atoms with Crippen LogP contribution in [0.2, 0.25) is 0 Å². The predicted octanol–water partition coefficient (Wildman–Crippen LogP) is 3.28. The Kier molecular flexibility index (Phi) is 4.71. The molecule has 0 radical (unpaired) electrons. The molecule has 0 aromatic rings. The fraction of sp³-hybridized carbons (Fsp3) is 1.00. The van der Waals surface area contributed by atoms with Crippen LogP contribution in [0.4, 0.5) is 0 Å². The van der Waals surface area contributed by atoms with Gasteiger partial charge in [0, 0.05) is 18.1 Å². The van der Waals surface area contributed by atoms with Gasteiger partial charge in [0.1, 0.15) is 0 Å². The minimum atomic E-state index is 0.377. The van der Waals surface area contributed by atoms with E-state index in [4.69, 9.17) is 0 Å². The fourth-order valence-corrected chi connectivity index (χ4v) is 4.02. The van der Waals surface area contributed by atoms with E-state index in [1.807, 2.05) is 0 Å². The second kappa shape index (κ2) is 5.92. The van der Waals surface area contributed by atoms with Crippen molar-refractivity contribution in [1.82, 2.24) is 10.2 Å². The lowest BCUT2D eigenvalue weighted by molar-refractivity contribution is 0.121. The maximum absolute atomic E-state index is 3.83. The highest BCUT2D eigenvalue weighted by molar-refractivity contribution is 4.96. The van der Waals surface area contributed by atoms with Gasteiger partial charge in [0.2, 0.25) is 0 Å². The van der Waals surface area contributed by atoms with Crippen molar-refractivity contribution in [3.05, 3.63) is 0 Å². The van der Waals surface area contributed by atoms with Crippen LogP contribution in [0.1, 0.15) is 59.8 Å². The zero-order valence-corrected chi connectivity index (χ0v) is 12.8. The quantitative estimate of drug-likeness (QED) is 0.829. The second-order valence-corrected chi connectivity index (χ2v) is 6.72. The van der Waals surface area contributed by atoms with E-state index in [0.717, 1.165) is 17.9 Å². The minimum absolute atomic E-state index is 0.377. The summed E-state index contributed by atoms with van der Waals surface area (Å²) in [5.74, 6) is 1.80. The van der Waals surface area contributed by atoms with E-state index in [9.17, 15) is 0 Å². The van der Waals surface area contributed by atoms with Crippen LogP contribution >= 0.6 is 0 Å². The third-order valence-corrected chi connectivity index (χ3v) is 5.87. The van der Waals surface area contributed by atoms with E-state index in [1.54, 1.807) is 0 Å². The summed E-state index contributed by atoms with van der Waals surface area (Å²) in [4.78, 5) is 2.82. The van der Waals surface area contributed by atoms with Gasteiger partial charge in [-0.25, -0.2) is 0 Å². The zero-order chi connectivity index (χ0) is 13.2. The number of hydrogen-bond acceptors (Lipinski definition) is 2. The molecule has 1 aliphatic carbocycles. The van der Waals surface area contributed by atoms with Crippen molar-refractivity contribution in [1.29, 1.82) is 0 Å². The van der Waals surface area contributed by atoms with Crippen LogP contribution in [0.25, 0.3) is 0 Å². The number of hydrogen-bond donors (Lipinski definition) is 1. The molecule has 1 N–H and O–H groups in total. The summed E-state index contributed by atoms with van der Waals surface area (Å²) in [5, 5.41) is 3.83. The Balaban J connectivity index is 2.07. The Hall–Kier alpha value is -0.0800. The van der Waals surface area contributed by atoms with Gasteiger partial charge < -0.3 is 5.32 Å². The van der Waals surface area contributed by atoms with E-state index >= 15 is 0 Å². The molecule has 1 aliphatic heterocycles. The average molecular weight is 252 g/mol. The molecule has 3 unspecified atom stereocenters. The fourth-order valence-electron chi connectivity index (χ4n) is 4.02. The Labute approximate surface area is 114 Å². The van der Waals surface area contributed by atoms with Gasteiger partial charge in [-0.1, -0.05) is 27.7 Å². The molecule has 1 heterocycles. The molecule has 3 atom stereocenters. The monoisotopic (exact) mass is 252 g/mol. The molecule has 0 aromatic carbocycles. The predicted molar refractivity (Wildman–Crippen MR) is 78.9 cm³/mol. The van der Waals surface area contributed by atoms with Crippen LogP contribution in [0.3, 0.4) is 0 Å². The van der Waals surface area contributed by atoms with E-state index in [2.05, 4.69) is 37.9 Å². The summed E-state index contributed by atoms with van der Waals surface area (Å²) in [7, 11) is 0. The highest BCUT2D eigenvalue weighted by atomic mass is 15.2. The number of nitrogens with one attached hydrogen (secondary N) is 1. The first kappa shape index (κ1) is 14.3. The molecule has 0 aromatic heterocycles. The normalized spacial score (nSPS) is 37.7. The summed E-state index contributed by atoms with van der Waals surface area (Å²) in [6.45, 7) is 13.4. The van der Waals surface area contributed by atoms with E-state index in [1.165, 1.54) is 51.7 Å². The molecule has 1 saturated carbocycles. The molecular weight excluding hydrogens is 220 g/mol. The van der Waals surface area contributed by atoms with Crippen LogP contribution in [-0.4, -0.2) is 36.1 Å². The Bertz CT molecular complexity index is 260. The van der Waals surface area contributed by atoms with Gasteiger partial charge in [-0.2, -0.15) is 0 Å². The van der Waals surface area contributed by atoms with Gasteiger partial charge in [-0.05, 0) is 57.0 Å². The highest BCUT2D eigenvalue weighted by Crippen LogP contribution is 2.36. The van der Waals surface area contributed by atoms with Crippen LogP contribution in [0, 0.1) is 11.8 Å². The summed E-state index contributed by atoms with van der Waals surface area (Å²) < 4.78 is 0. The molecule has 0 bridgehead atoms. The van der Waals surface area contributed by atoms with Crippen LogP contribution in [-0.2, 0) is 0 Å². The third kappa shape index (κ3) is 2.75. The van der Waals surface area contributed by atoms with Crippen molar-refractivity contribution in [2.75, 3.05) is 19.6 Å². The SMILES string of the molecule is CCC1(CC)CN(C2CCC(C)C2C)CCCN1. The van der Waals surface area contributed by atoms with Crippen LogP contribution in [0.15, 0.2) is 0 Å². The number of nitrogens with zero attached hydrogens (tertiary/aromatic N) is 1. The summed E-state index contributed by atoms with van der Waals surface area (Å²) in [6.07, 6.45) is 6.69. The van der Waals surface area contributed by atoms with Crippen molar-refractivity contribution in [3.8, 4) is 0 Å². The Morgan fingerprint density at radius 3 is 2.44 bits per heavy atom. The van der Waals surface area contributed by atoms with E-state index < -0.39 is 0 Å². The maximum atomic E-state index is 3.83. The molecular formula is C16H32N2. The van der Waals surface area contributed by atoms with Crippen LogP contribution < -0.4 is 5.32 Å². The summed E-state index contributed by atoms with van der Waals surface area (Å²) in [5.41, 5.74) is 0.377. The molecule has 1 saturated heterocycles. The number of rotatable bonds is 3. The van der Waals surface area contributed by atoms with Crippen molar-refractivity contribution in [2.24, 2.45) is 11.8 Å². The summed E-state index contributed by atoms with van der Waals surface area (Å²) in [6, 6.07) is 0.845. The molecule has 2 fully saturated rings. The average Bonchev–Trinajstić information content (AvgIpc) is 2.63. The summed E-state index contributed by atoms with van der Waals surface area (Å²) >= 11 is 0. The molecule has 0 amide bonds. The first-order valence-electron chi connectivity index (χ1n) is 8.11. The Morgan fingerprint density at radius 1 is 1.17 bits per heavy atom. The molecule has 2 rings (SSSR count). The van der Waals surface area contributed by atoms with E-state index in [-0.39, 0.29) is 0 Å². The zero-order valence-electron chi connectivity index (χ0n) is 12.8. The first-order chi connectivity index (χ1) is 8.62. The van der Waals surface area contributed by atoms with Crippen molar-refractivity contribution in [3.63, 3.8) is 0 Å². The highest BCUT2D eigenvalue weighted by Gasteiger charge is 2.38. The third-order valence-electron chi connectivity index (χ3n) is 5.87. The molecule has 106 valence electrons. The topological polar surface area (TPSA) is 15.3 Å². The smallest absolute Gasteiger partial charge is 0.0303 e. The van der Waals surface area contributed by atoms with Crippen LogP contribution in [0.5, 0.6) is 0 Å². The van der Waals surface area contributed by atoms with Gasteiger partial charge >= 0.3 is 0 Å². The minimum Gasteiger partial charge on any atom is -0.310 e. The van der Waals surface area contributed by atoms with Crippen molar-refractivity contribution in [2.45, 2.75) is 71.4 Å². The van der Waals surface area contributed by atoms with Gasteiger partial charge in [0.05, 0.1) is 0 Å². The first-order valence-corrected chi connectivity index (χ1v) is 8.11. The lowest BCUT2D eigenvalue weighted by atomic mass is 9.90. The Morgan fingerprint density at radius 2 is 1.89 bits per heavy atom. The van der Waals surface area contributed by atoms with Crippen molar-refractivity contribution >= 4 is 0 Å². The maximum Gasteiger partial charge on any atom is 0.0303 e. The van der Waals surface area contributed by atoms with Gasteiger partial charge in [0.15, 0.2) is 0 Å². The second-order valence-electron chi connectivity index (χ2n) is 6.72. The van der Waals surface area contributed by atoms with Gasteiger partial charge in [0.25, 0.3) is 0 Å². The molecule has 0 spiro atoms.